The van der Waals surface area contributed by atoms with Gasteiger partial charge in [-0.3, -0.25) is 29.1 Å². The highest BCUT2D eigenvalue weighted by Crippen LogP contribution is 2.29. The maximum Gasteiger partial charge on any atom is 0.261 e. The molecule has 2 aliphatic heterocycles. The van der Waals surface area contributed by atoms with Crippen molar-refractivity contribution in [3.8, 4) is 5.75 Å². The lowest BCUT2D eigenvalue weighted by Gasteiger charge is -2.36. The van der Waals surface area contributed by atoms with Gasteiger partial charge in [-0.25, -0.2) is 0 Å². The number of nitrogens with zero attached hydrogens (tertiary/aromatic N) is 3. The number of aliphatic hydroxyl groups is 1. The molecule has 1 fully saturated rings. The Morgan fingerprint density at radius 2 is 1.49 bits per heavy atom. The third-order valence-corrected chi connectivity index (χ3v) is 7.13. The van der Waals surface area contributed by atoms with Crippen LogP contribution in [0.15, 0.2) is 60.7 Å². The number of piperazine rings is 1. The third-order valence-electron chi connectivity index (χ3n) is 7.13. The first kappa shape index (κ1) is 25.1. The second kappa shape index (κ2) is 10.8. The number of benzene rings is 3. The topological polar surface area (TPSA) is 90.4 Å². The monoisotopic (exact) mass is 501 g/mol. The Kier molecular flexibility index (Phi) is 7.32. The van der Waals surface area contributed by atoms with Gasteiger partial charge in [0.25, 0.3) is 11.8 Å². The average molecular weight is 502 g/mol. The number of hydrogen-bond acceptors (Lipinski definition) is 7. The second-order valence-electron chi connectivity index (χ2n) is 9.63. The molecular weight excluding hydrogens is 470 g/mol. The van der Waals surface area contributed by atoms with Gasteiger partial charge >= 0.3 is 0 Å². The van der Waals surface area contributed by atoms with Crippen molar-refractivity contribution in [1.29, 1.82) is 0 Å². The molecule has 192 valence electrons. The molecule has 0 bridgehead atoms. The van der Waals surface area contributed by atoms with E-state index in [1.165, 1.54) is 11.8 Å². The molecule has 37 heavy (non-hydrogen) atoms. The van der Waals surface area contributed by atoms with Gasteiger partial charge in [-0.1, -0.05) is 36.4 Å². The maximum absolute atomic E-state index is 13.1. The molecule has 0 radical (unpaired) electrons. The van der Waals surface area contributed by atoms with Crippen molar-refractivity contribution in [3.63, 3.8) is 0 Å². The number of aliphatic hydroxyl groups excluding tert-OH is 1. The van der Waals surface area contributed by atoms with Crippen LogP contribution in [0.5, 0.6) is 5.75 Å². The standard InChI is InChI=1S/C29H31N3O5/c1-20(33)23-8-2-3-11-26(23)37-19-22(34)18-31-14-12-30(13-15-31)16-17-32-28(35)24-9-4-6-21-7-5-10-25(27(21)24)29(32)36/h2-11,22,34H,12-19H2,1H3/t22-/m0/s1. The Morgan fingerprint density at radius 1 is 0.865 bits per heavy atom. The molecule has 2 aliphatic rings. The molecule has 0 aromatic heterocycles. The number of β-amino-alcohol motifs (C(OH)–C–C–N with tert-alkyl or cyclic N) is 1. The van der Waals surface area contributed by atoms with Crippen LogP contribution in [0.25, 0.3) is 10.8 Å². The predicted octanol–water partition coefficient (Wildman–Crippen LogP) is 2.70. The van der Waals surface area contributed by atoms with Crippen molar-refractivity contribution >= 4 is 28.4 Å². The summed E-state index contributed by atoms with van der Waals surface area (Å²) in [5.41, 5.74) is 1.67. The van der Waals surface area contributed by atoms with E-state index in [-0.39, 0.29) is 24.2 Å². The molecule has 8 heteroatoms. The van der Waals surface area contributed by atoms with E-state index in [9.17, 15) is 19.5 Å². The number of carbonyl (C=O) groups excluding carboxylic acids is 3. The van der Waals surface area contributed by atoms with E-state index in [1.54, 1.807) is 36.4 Å². The first-order valence-electron chi connectivity index (χ1n) is 12.7. The molecule has 5 rings (SSSR count). The summed E-state index contributed by atoms with van der Waals surface area (Å²) in [6, 6.07) is 18.2. The molecule has 8 nitrogen and oxygen atoms in total. The zero-order valence-electron chi connectivity index (χ0n) is 20.9. The summed E-state index contributed by atoms with van der Waals surface area (Å²) >= 11 is 0. The van der Waals surface area contributed by atoms with Gasteiger partial charge in [0, 0.05) is 62.3 Å². The Labute approximate surface area is 216 Å². The number of hydrogen-bond donors (Lipinski definition) is 1. The smallest absolute Gasteiger partial charge is 0.261 e. The Bertz CT molecular complexity index is 1280. The molecule has 3 aromatic rings. The number of rotatable bonds is 9. The highest BCUT2D eigenvalue weighted by Gasteiger charge is 2.33. The number of ketones is 1. The number of Topliss-reactive ketones (excluding diaryl/α,β-unsaturated/α-hetero) is 1. The lowest BCUT2D eigenvalue weighted by molar-refractivity contribution is 0.0414. The van der Waals surface area contributed by atoms with Gasteiger partial charge in [0.05, 0.1) is 5.56 Å². The lowest BCUT2D eigenvalue weighted by atomic mass is 9.94. The molecule has 1 saturated heterocycles. The maximum atomic E-state index is 13.1. The van der Waals surface area contributed by atoms with Crippen molar-refractivity contribution in [2.75, 3.05) is 52.4 Å². The molecule has 2 heterocycles. The summed E-state index contributed by atoms with van der Waals surface area (Å²) < 4.78 is 5.72. The zero-order valence-corrected chi connectivity index (χ0v) is 20.9. The van der Waals surface area contributed by atoms with Crippen molar-refractivity contribution < 1.29 is 24.2 Å². The summed E-state index contributed by atoms with van der Waals surface area (Å²) in [5, 5.41) is 12.1. The quantitative estimate of drug-likeness (QED) is 0.356. The van der Waals surface area contributed by atoms with E-state index in [1.807, 2.05) is 24.3 Å². The minimum Gasteiger partial charge on any atom is -0.490 e. The SMILES string of the molecule is CC(=O)c1ccccc1OC[C@@H](O)CN1CCN(CCN2C(=O)c3cccc4cccc(c34)C2=O)CC1. The van der Waals surface area contributed by atoms with E-state index in [2.05, 4.69) is 9.80 Å². The molecule has 0 unspecified atom stereocenters. The van der Waals surface area contributed by atoms with Crippen LogP contribution in [0.3, 0.4) is 0 Å². The van der Waals surface area contributed by atoms with E-state index in [4.69, 9.17) is 4.74 Å². The van der Waals surface area contributed by atoms with Crippen molar-refractivity contribution in [2.45, 2.75) is 13.0 Å². The highest BCUT2D eigenvalue weighted by atomic mass is 16.5. The van der Waals surface area contributed by atoms with Crippen LogP contribution < -0.4 is 4.74 Å². The average Bonchev–Trinajstić information content (AvgIpc) is 2.91. The minimum absolute atomic E-state index is 0.0737. The van der Waals surface area contributed by atoms with E-state index < -0.39 is 6.10 Å². The fraction of sp³-hybridized carbons (Fsp3) is 0.345. The van der Waals surface area contributed by atoms with Crippen LogP contribution in [0.4, 0.5) is 0 Å². The van der Waals surface area contributed by atoms with Crippen LogP contribution in [0.2, 0.25) is 0 Å². The predicted molar refractivity (Wildman–Crippen MR) is 140 cm³/mol. The van der Waals surface area contributed by atoms with Crippen LogP contribution >= 0.6 is 0 Å². The first-order chi connectivity index (χ1) is 17.9. The van der Waals surface area contributed by atoms with Crippen LogP contribution in [0.1, 0.15) is 38.0 Å². The fourth-order valence-electron chi connectivity index (χ4n) is 5.14. The minimum atomic E-state index is -0.682. The third kappa shape index (κ3) is 5.27. The van der Waals surface area contributed by atoms with E-state index >= 15 is 0 Å². The van der Waals surface area contributed by atoms with Gasteiger partial charge in [-0.2, -0.15) is 0 Å². The molecule has 3 aromatic carbocycles. The van der Waals surface area contributed by atoms with Crippen LogP contribution in [-0.4, -0.2) is 95.9 Å². The lowest BCUT2D eigenvalue weighted by Crippen LogP contribution is -2.51. The van der Waals surface area contributed by atoms with Gasteiger partial charge in [0.2, 0.25) is 0 Å². The van der Waals surface area contributed by atoms with E-state index in [0.717, 1.165) is 37.0 Å². The number of imide groups is 1. The number of ether oxygens (including phenoxy) is 1. The van der Waals surface area contributed by atoms with Crippen molar-refractivity contribution in [2.24, 2.45) is 0 Å². The summed E-state index contributed by atoms with van der Waals surface area (Å²) in [6.07, 6.45) is -0.682. The largest absolute Gasteiger partial charge is 0.490 e. The van der Waals surface area contributed by atoms with Crippen LogP contribution in [-0.2, 0) is 0 Å². The Hall–Kier alpha value is -3.59. The van der Waals surface area contributed by atoms with Gasteiger partial charge in [0.1, 0.15) is 18.5 Å². The summed E-state index contributed by atoms with van der Waals surface area (Å²) in [6.45, 7) is 6.13. The van der Waals surface area contributed by atoms with Gasteiger partial charge in [-0.05, 0) is 36.6 Å². The molecule has 0 spiro atoms. The molecule has 0 saturated carbocycles. The highest BCUT2D eigenvalue weighted by molar-refractivity contribution is 6.25. The Balaban J connectivity index is 1.10. The van der Waals surface area contributed by atoms with Crippen molar-refractivity contribution in [1.82, 2.24) is 14.7 Å². The number of para-hydroxylation sites is 1. The van der Waals surface area contributed by atoms with Gasteiger partial charge in [-0.15, -0.1) is 0 Å². The van der Waals surface area contributed by atoms with Gasteiger partial charge in [0.15, 0.2) is 5.78 Å². The Morgan fingerprint density at radius 3 is 2.14 bits per heavy atom. The molecule has 2 amide bonds. The zero-order chi connectivity index (χ0) is 25.9. The molecule has 1 N–H and O–H groups in total. The molecular formula is C29H31N3O5. The first-order valence-corrected chi connectivity index (χ1v) is 12.7. The second-order valence-corrected chi connectivity index (χ2v) is 9.63. The van der Waals surface area contributed by atoms with Crippen molar-refractivity contribution in [3.05, 3.63) is 77.4 Å². The van der Waals surface area contributed by atoms with E-state index in [0.29, 0.717) is 42.1 Å². The normalized spacial score (nSPS) is 17.3. The number of carbonyl (C=O) groups is 3. The summed E-state index contributed by atoms with van der Waals surface area (Å²) in [4.78, 5) is 43.7. The van der Waals surface area contributed by atoms with Gasteiger partial charge < -0.3 is 9.84 Å². The fourth-order valence-corrected chi connectivity index (χ4v) is 5.14. The number of amides is 2. The summed E-state index contributed by atoms with van der Waals surface area (Å²) in [5.74, 6) is -0.0558. The van der Waals surface area contributed by atoms with Crippen LogP contribution in [0, 0.1) is 0 Å². The molecule has 0 aliphatic carbocycles. The summed E-state index contributed by atoms with van der Waals surface area (Å²) in [7, 11) is 0. The molecule has 1 atom stereocenters.